The summed E-state index contributed by atoms with van der Waals surface area (Å²) in [5.41, 5.74) is 0.192. The Morgan fingerprint density at radius 2 is 1.85 bits per heavy atom. The lowest BCUT2D eigenvalue weighted by atomic mass is 10.1. The normalized spacial score (nSPS) is 11.2. The van der Waals surface area contributed by atoms with Gasteiger partial charge in [-0.15, -0.1) is 22.7 Å². The van der Waals surface area contributed by atoms with Gasteiger partial charge in [0.05, 0.1) is 24.6 Å². The third-order valence-corrected chi connectivity index (χ3v) is 7.59. The number of thiophene rings is 1. The van der Waals surface area contributed by atoms with Crippen LogP contribution in [0.15, 0.2) is 27.1 Å². The predicted molar refractivity (Wildman–Crippen MR) is 128 cm³/mol. The molecule has 0 fully saturated rings. The van der Waals surface area contributed by atoms with Crippen molar-refractivity contribution in [1.82, 2.24) is 14.1 Å². The topological polar surface area (TPSA) is 95.2 Å². The van der Waals surface area contributed by atoms with Gasteiger partial charge < -0.3 is 10.1 Å². The highest BCUT2D eigenvalue weighted by Crippen LogP contribution is 2.32. The molecule has 1 aromatic carbocycles. The molecular formula is C22H20F2N4O4S2. The molecule has 12 heteroatoms. The van der Waals surface area contributed by atoms with Crippen molar-refractivity contribution in [3.63, 3.8) is 0 Å². The molecule has 178 valence electrons. The van der Waals surface area contributed by atoms with Gasteiger partial charge in [-0.2, -0.15) is 0 Å². The van der Waals surface area contributed by atoms with E-state index in [-0.39, 0.29) is 17.1 Å². The first-order valence-corrected chi connectivity index (χ1v) is 11.8. The van der Waals surface area contributed by atoms with Gasteiger partial charge in [0.15, 0.2) is 22.5 Å². The van der Waals surface area contributed by atoms with Crippen molar-refractivity contribution in [2.45, 2.75) is 19.8 Å². The average Bonchev–Trinajstić information content (AvgIpc) is 3.40. The number of carbonyl (C=O) groups excluding carboxylic acids is 1. The number of aryl methyl sites for hydroxylation is 2. The smallest absolute Gasteiger partial charge is 0.331 e. The van der Waals surface area contributed by atoms with Crippen LogP contribution in [0.2, 0.25) is 0 Å². The third-order valence-electron chi connectivity index (χ3n) is 5.38. The summed E-state index contributed by atoms with van der Waals surface area (Å²) in [5, 5.41) is 4.85. The van der Waals surface area contributed by atoms with Crippen molar-refractivity contribution < 1.29 is 18.3 Å². The molecule has 0 unspecified atom stereocenters. The Bertz CT molecular complexity index is 1530. The Labute approximate surface area is 200 Å². The van der Waals surface area contributed by atoms with Crippen LogP contribution in [0.5, 0.6) is 5.75 Å². The summed E-state index contributed by atoms with van der Waals surface area (Å²) in [6.45, 7) is 1.91. The van der Waals surface area contributed by atoms with E-state index in [4.69, 9.17) is 0 Å². The van der Waals surface area contributed by atoms with Crippen molar-refractivity contribution in [2.24, 2.45) is 14.1 Å². The van der Waals surface area contributed by atoms with Crippen LogP contribution in [-0.4, -0.2) is 27.1 Å². The third kappa shape index (κ3) is 4.03. The minimum atomic E-state index is -0.858. The van der Waals surface area contributed by atoms with E-state index in [9.17, 15) is 23.2 Å². The van der Waals surface area contributed by atoms with E-state index in [2.05, 4.69) is 15.0 Å². The van der Waals surface area contributed by atoms with Crippen LogP contribution in [-0.2, 0) is 31.7 Å². The highest BCUT2D eigenvalue weighted by atomic mass is 32.1. The van der Waals surface area contributed by atoms with Gasteiger partial charge in [0.2, 0.25) is 5.91 Å². The number of hydrogen-bond donors (Lipinski definition) is 1. The lowest BCUT2D eigenvalue weighted by molar-refractivity contribution is -0.115. The Morgan fingerprint density at radius 1 is 1.18 bits per heavy atom. The molecule has 0 radical (unpaired) electrons. The molecular weight excluding hydrogens is 486 g/mol. The van der Waals surface area contributed by atoms with Gasteiger partial charge in [-0.25, -0.2) is 18.6 Å². The first-order chi connectivity index (χ1) is 16.2. The second-order valence-electron chi connectivity index (χ2n) is 7.48. The van der Waals surface area contributed by atoms with Crippen molar-refractivity contribution >= 4 is 43.9 Å². The highest BCUT2D eigenvalue weighted by Gasteiger charge is 2.22. The van der Waals surface area contributed by atoms with Crippen molar-refractivity contribution in [3.05, 3.63) is 60.4 Å². The molecule has 4 rings (SSSR count). The van der Waals surface area contributed by atoms with Crippen molar-refractivity contribution in [1.29, 1.82) is 0 Å². The van der Waals surface area contributed by atoms with Crippen LogP contribution in [0.4, 0.5) is 13.9 Å². The van der Waals surface area contributed by atoms with Crippen molar-refractivity contribution in [3.8, 4) is 17.0 Å². The van der Waals surface area contributed by atoms with Gasteiger partial charge >= 0.3 is 5.69 Å². The molecule has 0 bridgehead atoms. The molecule has 3 aromatic heterocycles. The maximum atomic E-state index is 14.0. The number of thiazole rings is 1. The fourth-order valence-electron chi connectivity index (χ4n) is 3.68. The van der Waals surface area contributed by atoms with Crippen LogP contribution >= 0.6 is 22.7 Å². The Hall–Kier alpha value is -3.38. The van der Waals surface area contributed by atoms with Crippen LogP contribution in [0.25, 0.3) is 21.5 Å². The maximum Gasteiger partial charge on any atom is 0.331 e. The molecule has 1 N–H and O–H groups in total. The molecule has 0 aliphatic rings. The van der Waals surface area contributed by atoms with E-state index in [1.165, 1.54) is 30.1 Å². The number of aromatic nitrogens is 3. The standard InChI is InChI=1S/C22H20F2N4O4S2/c1-5-15-11(17-19(30)27(2)22(31)28(3)20(17)34-15)8-16(29)26-21-25-14(9-33-21)10-6-12(23)18(32-4)13(24)7-10/h6-7,9H,5,8H2,1-4H3,(H,25,26,29). The zero-order valence-corrected chi connectivity index (χ0v) is 20.3. The summed E-state index contributed by atoms with van der Waals surface area (Å²) in [4.78, 5) is 43.5. The maximum absolute atomic E-state index is 14.0. The summed E-state index contributed by atoms with van der Waals surface area (Å²) in [7, 11) is 4.17. The highest BCUT2D eigenvalue weighted by molar-refractivity contribution is 7.18. The molecule has 8 nitrogen and oxygen atoms in total. The van der Waals surface area contributed by atoms with E-state index < -0.39 is 34.5 Å². The number of anilines is 1. The number of hydrogen-bond acceptors (Lipinski definition) is 7. The molecule has 0 atom stereocenters. The van der Waals surface area contributed by atoms with E-state index >= 15 is 0 Å². The number of nitrogens with zero attached hydrogens (tertiary/aromatic N) is 3. The van der Waals surface area contributed by atoms with Crippen LogP contribution in [0.1, 0.15) is 17.4 Å². The largest absolute Gasteiger partial charge is 0.491 e. The fourth-order valence-corrected chi connectivity index (χ4v) is 5.62. The molecule has 1 amide bonds. The van der Waals surface area contributed by atoms with Gasteiger partial charge in [0.1, 0.15) is 4.83 Å². The number of amides is 1. The summed E-state index contributed by atoms with van der Waals surface area (Å²) in [6, 6.07) is 2.21. The average molecular weight is 507 g/mol. The van der Waals surface area contributed by atoms with Gasteiger partial charge in [0, 0.05) is 29.9 Å². The summed E-state index contributed by atoms with van der Waals surface area (Å²) in [6.07, 6.45) is 0.507. The molecule has 34 heavy (non-hydrogen) atoms. The Kier molecular flexibility index (Phi) is 6.36. The monoisotopic (exact) mass is 506 g/mol. The summed E-state index contributed by atoms with van der Waals surface area (Å²) in [5.74, 6) is -2.60. The first-order valence-electron chi connectivity index (χ1n) is 10.1. The number of halogens is 2. The van der Waals surface area contributed by atoms with E-state index in [0.717, 1.165) is 32.9 Å². The Morgan fingerprint density at radius 3 is 2.47 bits per heavy atom. The van der Waals surface area contributed by atoms with Crippen molar-refractivity contribution in [2.75, 3.05) is 12.4 Å². The number of methoxy groups -OCH3 is 1. The predicted octanol–water partition coefficient (Wildman–Crippen LogP) is 3.45. The first kappa shape index (κ1) is 23.8. The van der Waals surface area contributed by atoms with Gasteiger partial charge in [-0.05, 0) is 24.1 Å². The molecule has 0 aliphatic heterocycles. The lowest BCUT2D eigenvalue weighted by Gasteiger charge is -2.06. The molecule has 3 heterocycles. The minimum Gasteiger partial charge on any atom is -0.491 e. The lowest BCUT2D eigenvalue weighted by Crippen LogP contribution is -2.36. The minimum absolute atomic E-state index is 0.0860. The van der Waals surface area contributed by atoms with E-state index in [1.54, 1.807) is 12.4 Å². The van der Waals surface area contributed by atoms with Crippen LogP contribution in [0, 0.1) is 11.6 Å². The second-order valence-corrected chi connectivity index (χ2v) is 9.42. The van der Waals surface area contributed by atoms with Crippen LogP contribution < -0.4 is 21.3 Å². The Balaban J connectivity index is 1.62. The molecule has 0 spiro atoms. The van der Waals surface area contributed by atoms with Gasteiger partial charge in [0.25, 0.3) is 5.56 Å². The quantitative estimate of drug-likeness (QED) is 0.432. The number of carbonyl (C=O) groups is 1. The summed E-state index contributed by atoms with van der Waals surface area (Å²) < 4.78 is 35.2. The number of ether oxygens (including phenoxy) is 1. The second kappa shape index (κ2) is 9.11. The van der Waals surface area contributed by atoms with E-state index in [1.807, 2.05) is 6.92 Å². The summed E-state index contributed by atoms with van der Waals surface area (Å²) >= 11 is 2.42. The van der Waals surface area contributed by atoms with Gasteiger partial charge in [-0.1, -0.05) is 6.92 Å². The number of fused-ring (bicyclic) bond motifs is 1. The van der Waals surface area contributed by atoms with Gasteiger partial charge in [-0.3, -0.25) is 18.7 Å². The SMILES string of the molecule is CCc1sc2c(c1CC(=O)Nc1nc(-c3cc(F)c(OC)c(F)c3)cs1)c(=O)n(C)c(=O)n2C. The zero-order chi connectivity index (χ0) is 24.7. The van der Waals surface area contributed by atoms with E-state index in [0.29, 0.717) is 27.9 Å². The number of rotatable bonds is 6. The van der Waals surface area contributed by atoms with Crippen LogP contribution in [0.3, 0.4) is 0 Å². The number of nitrogens with one attached hydrogen (secondary N) is 1. The molecule has 4 aromatic rings. The molecule has 0 saturated carbocycles. The molecule has 0 saturated heterocycles. The zero-order valence-electron chi connectivity index (χ0n) is 18.7. The fraction of sp³-hybridized carbons (Fsp3) is 0.273. The molecule has 0 aliphatic carbocycles. The number of benzene rings is 1.